The third-order valence-electron chi connectivity index (χ3n) is 3.26. The number of anilines is 1. The Labute approximate surface area is 119 Å². The van der Waals surface area contributed by atoms with Gasteiger partial charge in [0.25, 0.3) is 0 Å². The van der Waals surface area contributed by atoms with Crippen molar-refractivity contribution in [2.75, 3.05) is 38.2 Å². The fourth-order valence-corrected chi connectivity index (χ4v) is 2.27. The van der Waals surface area contributed by atoms with E-state index in [1.54, 1.807) is 6.07 Å². The molecule has 1 aliphatic heterocycles. The fraction of sp³-hybridized carbons (Fsp3) is 0.533. The summed E-state index contributed by atoms with van der Waals surface area (Å²) in [5.41, 5.74) is 0.639. The van der Waals surface area contributed by atoms with Gasteiger partial charge in [-0.15, -0.1) is 0 Å². The van der Waals surface area contributed by atoms with Gasteiger partial charge in [0, 0.05) is 6.54 Å². The quantitative estimate of drug-likeness (QED) is 0.869. The van der Waals surface area contributed by atoms with Crippen LogP contribution in [-0.2, 0) is 4.74 Å². The number of carbonyl (C=O) groups is 1. The van der Waals surface area contributed by atoms with Gasteiger partial charge in [-0.25, -0.2) is 4.79 Å². The van der Waals surface area contributed by atoms with Gasteiger partial charge in [0.1, 0.15) is 12.4 Å². The lowest BCUT2D eigenvalue weighted by atomic mass is 10.3. The first-order chi connectivity index (χ1) is 9.79. The molecule has 5 heteroatoms. The number of ether oxygens (including phenoxy) is 2. The zero-order valence-electron chi connectivity index (χ0n) is 11.9. The molecule has 1 N–H and O–H groups in total. The Kier molecular flexibility index (Phi) is 5.68. The van der Waals surface area contributed by atoms with Gasteiger partial charge in [-0.3, -0.25) is 10.2 Å². The van der Waals surface area contributed by atoms with Crippen molar-refractivity contribution in [3.8, 4) is 5.75 Å². The summed E-state index contributed by atoms with van der Waals surface area (Å²) in [4.78, 5) is 14.0. The van der Waals surface area contributed by atoms with Crippen LogP contribution in [0, 0.1) is 0 Å². The molecule has 2 rings (SSSR count). The maximum atomic E-state index is 11.7. The van der Waals surface area contributed by atoms with E-state index in [1.165, 1.54) is 12.8 Å². The summed E-state index contributed by atoms with van der Waals surface area (Å²) in [7, 11) is 0. The molecule has 1 heterocycles. The third-order valence-corrected chi connectivity index (χ3v) is 3.26. The van der Waals surface area contributed by atoms with Gasteiger partial charge < -0.3 is 9.47 Å². The highest BCUT2D eigenvalue weighted by Crippen LogP contribution is 2.23. The number of carbonyl (C=O) groups excluding carboxylic acids is 1. The van der Waals surface area contributed by atoms with Gasteiger partial charge in [-0.2, -0.15) is 0 Å². The number of rotatable bonds is 6. The van der Waals surface area contributed by atoms with Crippen molar-refractivity contribution in [3.05, 3.63) is 24.3 Å². The molecule has 5 nitrogen and oxygen atoms in total. The Morgan fingerprint density at radius 1 is 1.30 bits per heavy atom. The molecule has 0 bridgehead atoms. The number of hydrogen-bond acceptors (Lipinski definition) is 4. The topological polar surface area (TPSA) is 50.8 Å². The largest absolute Gasteiger partial charge is 0.492 e. The highest BCUT2D eigenvalue weighted by atomic mass is 16.5. The van der Waals surface area contributed by atoms with Crippen molar-refractivity contribution < 1.29 is 14.3 Å². The van der Waals surface area contributed by atoms with Crippen LogP contribution in [0.15, 0.2) is 24.3 Å². The first-order valence-electron chi connectivity index (χ1n) is 7.17. The van der Waals surface area contributed by atoms with Gasteiger partial charge in [0.05, 0.1) is 12.3 Å². The molecular weight excluding hydrogens is 256 g/mol. The Balaban J connectivity index is 1.75. The maximum Gasteiger partial charge on any atom is 0.411 e. The lowest BCUT2D eigenvalue weighted by Gasteiger charge is -2.15. The molecule has 0 unspecified atom stereocenters. The van der Waals surface area contributed by atoms with Crippen LogP contribution in [0.25, 0.3) is 0 Å². The normalized spacial score (nSPS) is 15.1. The molecule has 1 aromatic carbocycles. The van der Waals surface area contributed by atoms with Gasteiger partial charge in [0.15, 0.2) is 0 Å². The predicted octanol–water partition coefficient (Wildman–Crippen LogP) is 2.73. The predicted molar refractivity (Wildman–Crippen MR) is 78.3 cm³/mol. The summed E-state index contributed by atoms with van der Waals surface area (Å²) in [5, 5.41) is 2.72. The van der Waals surface area contributed by atoms with E-state index in [1.807, 2.05) is 25.1 Å². The Hall–Kier alpha value is -1.75. The second kappa shape index (κ2) is 7.75. The Morgan fingerprint density at radius 3 is 2.80 bits per heavy atom. The van der Waals surface area contributed by atoms with E-state index in [4.69, 9.17) is 9.47 Å². The lowest BCUT2D eigenvalue weighted by Crippen LogP contribution is -2.26. The SMILES string of the molecule is CCOc1ccccc1NC(=O)OCCN1CCCC1. The second-order valence-corrected chi connectivity index (χ2v) is 4.74. The molecule has 0 spiro atoms. The van der Waals surface area contributed by atoms with Crippen LogP contribution >= 0.6 is 0 Å². The molecule has 0 atom stereocenters. The molecule has 1 aromatic rings. The van der Waals surface area contributed by atoms with E-state index in [2.05, 4.69) is 10.2 Å². The number of para-hydroxylation sites is 2. The van der Waals surface area contributed by atoms with Crippen molar-refractivity contribution in [1.29, 1.82) is 0 Å². The van der Waals surface area contributed by atoms with E-state index < -0.39 is 6.09 Å². The summed E-state index contributed by atoms with van der Waals surface area (Å²) in [6, 6.07) is 7.34. The number of likely N-dealkylation sites (tertiary alicyclic amines) is 1. The maximum absolute atomic E-state index is 11.7. The summed E-state index contributed by atoms with van der Waals surface area (Å²) in [6.45, 7) is 5.91. The van der Waals surface area contributed by atoms with Crippen molar-refractivity contribution in [2.24, 2.45) is 0 Å². The van der Waals surface area contributed by atoms with Crippen LogP contribution in [0.3, 0.4) is 0 Å². The highest BCUT2D eigenvalue weighted by molar-refractivity contribution is 5.86. The lowest BCUT2D eigenvalue weighted by molar-refractivity contribution is 0.146. The standard InChI is InChI=1S/C15H22N2O3/c1-2-19-14-8-4-3-7-13(14)16-15(18)20-12-11-17-9-5-6-10-17/h3-4,7-8H,2,5-6,9-12H2,1H3,(H,16,18). The number of amides is 1. The average molecular weight is 278 g/mol. The molecule has 1 aliphatic rings. The zero-order valence-corrected chi connectivity index (χ0v) is 11.9. The molecule has 1 saturated heterocycles. The van der Waals surface area contributed by atoms with Crippen LogP contribution in [0.5, 0.6) is 5.75 Å². The molecule has 20 heavy (non-hydrogen) atoms. The Bertz CT molecular complexity index is 431. The minimum Gasteiger partial charge on any atom is -0.492 e. The molecule has 0 aliphatic carbocycles. The molecular formula is C15H22N2O3. The second-order valence-electron chi connectivity index (χ2n) is 4.74. The average Bonchev–Trinajstić information content (AvgIpc) is 2.94. The van der Waals surface area contributed by atoms with Crippen molar-refractivity contribution in [1.82, 2.24) is 4.90 Å². The van der Waals surface area contributed by atoms with E-state index >= 15 is 0 Å². The van der Waals surface area contributed by atoms with E-state index in [9.17, 15) is 4.79 Å². The van der Waals surface area contributed by atoms with Crippen molar-refractivity contribution in [2.45, 2.75) is 19.8 Å². The number of nitrogens with one attached hydrogen (secondary N) is 1. The van der Waals surface area contributed by atoms with E-state index in [0.29, 0.717) is 24.7 Å². The zero-order chi connectivity index (χ0) is 14.2. The van der Waals surface area contributed by atoms with Gasteiger partial charge >= 0.3 is 6.09 Å². The number of hydrogen-bond donors (Lipinski definition) is 1. The van der Waals surface area contributed by atoms with Crippen LogP contribution in [0.2, 0.25) is 0 Å². The van der Waals surface area contributed by atoms with Crippen molar-refractivity contribution in [3.63, 3.8) is 0 Å². The molecule has 0 aromatic heterocycles. The Morgan fingerprint density at radius 2 is 2.05 bits per heavy atom. The first kappa shape index (κ1) is 14.7. The molecule has 0 saturated carbocycles. The summed E-state index contributed by atoms with van der Waals surface area (Å²) >= 11 is 0. The van der Waals surface area contributed by atoms with Crippen molar-refractivity contribution >= 4 is 11.8 Å². The molecule has 1 amide bonds. The third kappa shape index (κ3) is 4.42. The summed E-state index contributed by atoms with van der Waals surface area (Å²) in [6.07, 6.45) is 2.05. The monoisotopic (exact) mass is 278 g/mol. The molecule has 110 valence electrons. The summed E-state index contributed by atoms with van der Waals surface area (Å²) < 4.78 is 10.6. The van der Waals surface area contributed by atoms with Crippen LogP contribution in [0.4, 0.5) is 10.5 Å². The molecule has 0 radical (unpaired) electrons. The molecule has 1 fully saturated rings. The summed E-state index contributed by atoms with van der Waals surface area (Å²) in [5.74, 6) is 0.659. The fourth-order valence-electron chi connectivity index (χ4n) is 2.27. The minimum absolute atomic E-state index is 0.419. The first-order valence-corrected chi connectivity index (χ1v) is 7.17. The van der Waals surface area contributed by atoms with Crippen LogP contribution < -0.4 is 10.1 Å². The van der Waals surface area contributed by atoms with Gasteiger partial charge in [-0.1, -0.05) is 12.1 Å². The number of benzene rings is 1. The van der Waals surface area contributed by atoms with E-state index in [0.717, 1.165) is 19.6 Å². The smallest absolute Gasteiger partial charge is 0.411 e. The van der Waals surface area contributed by atoms with Gasteiger partial charge in [-0.05, 0) is 45.0 Å². The van der Waals surface area contributed by atoms with Crippen LogP contribution in [0.1, 0.15) is 19.8 Å². The van der Waals surface area contributed by atoms with E-state index in [-0.39, 0.29) is 0 Å². The minimum atomic E-state index is -0.434. The van der Waals surface area contributed by atoms with Gasteiger partial charge in [0.2, 0.25) is 0 Å². The number of nitrogens with zero attached hydrogens (tertiary/aromatic N) is 1. The van der Waals surface area contributed by atoms with Crippen LogP contribution in [-0.4, -0.2) is 43.8 Å². The highest BCUT2D eigenvalue weighted by Gasteiger charge is 2.12.